The summed E-state index contributed by atoms with van der Waals surface area (Å²) in [5.74, 6) is 0.521. The van der Waals surface area contributed by atoms with Crippen LogP contribution < -0.4 is 15.0 Å². The number of carbonyl (C=O) groups is 2. The van der Waals surface area contributed by atoms with Crippen LogP contribution in [0.5, 0.6) is 5.75 Å². The maximum absolute atomic E-state index is 13.3. The number of halogens is 1. The van der Waals surface area contributed by atoms with Crippen molar-refractivity contribution < 1.29 is 19.1 Å². The molecule has 2 fully saturated rings. The number of nitrogens with zero attached hydrogens (tertiary/aromatic N) is 3. The molecule has 1 N–H and O–H groups in total. The number of ether oxygens (including phenoxy) is 2. The summed E-state index contributed by atoms with van der Waals surface area (Å²) < 4.78 is 13.7. The Morgan fingerprint density at radius 1 is 1.19 bits per heavy atom. The number of nitrogens with one attached hydrogen (secondary N) is 1. The first-order valence-electron chi connectivity index (χ1n) is 11.7. The summed E-state index contributed by atoms with van der Waals surface area (Å²) in [7, 11) is 0. The number of amides is 2. The largest absolute Gasteiger partial charge is 0.494 e. The zero-order chi connectivity index (χ0) is 25.2. The van der Waals surface area contributed by atoms with E-state index in [0.29, 0.717) is 49.4 Å². The second-order valence-electron chi connectivity index (χ2n) is 8.42. The number of hydrogen-bond acceptors (Lipinski definition) is 5. The Hall–Kier alpha value is -3.21. The van der Waals surface area contributed by atoms with E-state index in [4.69, 9.17) is 21.7 Å². The fourth-order valence-corrected chi connectivity index (χ4v) is 5.04. The van der Waals surface area contributed by atoms with Crippen LogP contribution in [-0.4, -0.2) is 59.3 Å². The minimum absolute atomic E-state index is 0.0373. The average Bonchev–Trinajstić information content (AvgIpc) is 3.35. The lowest BCUT2D eigenvalue weighted by molar-refractivity contribution is -0.135. The number of fused-ring (bicyclic) bond motifs is 1. The van der Waals surface area contributed by atoms with Crippen molar-refractivity contribution in [1.29, 1.82) is 0 Å². The van der Waals surface area contributed by atoms with Crippen molar-refractivity contribution in [3.63, 3.8) is 0 Å². The molecule has 2 aromatic carbocycles. The van der Waals surface area contributed by atoms with Gasteiger partial charge >= 0.3 is 0 Å². The van der Waals surface area contributed by atoms with Crippen LogP contribution in [0.15, 0.2) is 58.8 Å². The Morgan fingerprint density at radius 3 is 2.67 bits per heavy atom. The lowest BCUT2D eigenvalue weighted by Gasteiger charge is -2.27. The van der Waals surface area contributed by atoms with Gasteiger partial charge < -0.3 is 24.3 Å². The summed E-state index contributed by atoms with van der Waals surface area (Å²) in [5, 5.41) is 4.28. The number of rotatable bonds is 6. The maximum atomic E-state index is 13.3. The lowest BCUT2D eigenvalue weighted by Crippen LogP contribution is -2.42. The molecule has 2 aliphatic rings. The Balaban J connectivity index is 1.44. The molecule has 1 aromatic heterocycles. The highest BCUT2D eigenvalue weighted by Crippen LogP contribution is 2.29. The zero-order valence-corrected chi connectivity index (χ0v) is 22.1. The van der Waals surface area contributed by atoms with Gasteiger partial charge in [-0.1, -0.05) is 15.9 Å². The van der Waals surface area contributed by atoms with E-state index < -0.39 is 0 Å². The molecule has 36 heavy (non-hydrogen) atoms. The summed E-state index contributed by atoms with van der Waals surface area (Å²) in [6.07, 6.45) is 3.69. The Morgan fingerprint density at radius 2 is 1.94 bits per heavy atom. The van der Waals surface area contributed by atoms with E-state index in [-0.39, 0.29) is 18.4 Å². The molecule has 10 heteroatoms. The van der Waals surface area contributed by atoms with Gasteiger partial charge in [-0.3, -0.25) is 14.5 Å². The fraction of sp³-hybridized carbons (Fsp3) is 0.269. The number of morpholine rings is 1. The number of thiocarbonyl (C=S) groups is 1. The van der Waals surface area contributed by atoms with Crippen LogP contribution in [0, 0.1) is 0 Å². The number of benzene rings is 2. The molecule has 0 unspecified atom stereocenters. The molecule has 5 rings (SSSR count). The number of aromatic nitrogens is 1. The molecule has 2 amide bonds. The van der Waals surface area contributed by atoms with E-state index in [2.05, 4.69) is 21.2 Å². The van der Waals surface area contributed by atoms with Gasteiger partial charge in [-0.05, 0) is 67.7 Å². The lowest BCUT2D eigenvalue weighted by atomic mass is 10.1. The van der Waals surface area contributed by atoms with Crippen LogP contribution in [-0.2, 0) is 20.9 Å². The standard InChI is InChI=1S/C26H25BrN4O4S/c1-2-35-20-6-4-19(5-7-20)31-25(33)22(28-26(31)36)13-17-15-30(23-8-3-18(27)14-21(17)23)16-24(32)29-9-11-34-12-10-29/h3-8,13-15H,2,9-12,16H2,1H3,(H,28,36)/b22-13-. The maximum Gasteiger partial charge on any atom is 0.281 e. The fourth-order valence-electron chi connectivity index (χ4n) is 4.38. The summed E-state index contributed by atoms with van der Waals surface area (Å²) >= 11 is 9.02. The average molecular weight is 569 g/mol. The number of anilines is 1. The molecule has 186 valence electrons. The first-order valence-corrected chi connectivity index (χ1v) is 12.9. The van der Waals surface area contributed by atoms with E-state index >= 15 is 0 Å². The molecule has 2 saturated heterocycles. The van der Waals surface area contributed by atoms with Crippen LogP contribution >= 0.6 is 28.1 Å². The predicted molar refractivity (Wildman–Crippen MR) is 146 cm³/mol. The van der Waals surface area contributed by atoms with E-state index in [0.717, 1.165) is 26.7 Å². The smallest absolute Gasteiger partial charge is 0.281 e. The molecular formula is C26H25BrN4O4S. The Labute approximate surface area is 222 Å². The molecule has 8 nitrogen and oxygen atoms in total. The van der Waals surface area contributed by atoms with Crippen molar-refractivity contribution in [1.82, 2.24) is 14.8 Å². The van der Waals surface area contributed by atoms with Gasteiger partial charge in [0.2, 0.25) is 5.91 Å². The molecule has 3 heterocycles. The highest BCUT2D eigenvalue weighted by Gasteiger charge is 2.32. The van der Waals surface area contributed by atoms with Gasteiger partial charge in [0.05, 0.1) is 25.5 Å². The van der Waals surface area contributed by atoms with Gasteiger partial charge in [-0.2, -0.15) is 0 Å². The second kappa shape index (κ2) is 10.4. The van der Waals surface area contributed by atoms with E-state index in [9.17, 15) is 9.59 Å². The number of carbonyl (C=O) groups excluding carboxylic acids is 2. The molecule has 0 radical (unpaired) electrons. The third-order valence-corrected chi connectivity index (χ3v) is 6.91. The van der Waals surface area contributed by atoms with Crippen molar-refractivity contribution in [2.75, 3.05) is 37.8 Å². The van der Waals surface area contributed by atoms with Gasteiger partial charge in [0.15, 0.2) is 5.11 Å². The normalized spacial score (nSPS) is 17.2. The molecule has 3 aromatic rings. The minimum atomic E-state index is -0.246. The van der Waals surface area contributed by atoms with Crippen LogP contribution in [0.4, 0.5) is 5.69 Å². The monoisotopic (exact) mass is 568 g/mol. The van der Waals surface area contributed by atoms with Gasteiger partial charge in [0.1, 0.15) is 18.0 Å². The summed E-state index contributed by atoms with van der Waals surface area (Å²) in [4.78, 5) is 29.5. The Bertz CT molecular complexity index is 1360. The van der Waals surface area contributed by atoms with Crippen molar-refractivity contribution in [3.8, 4) is 5.75 Å². The van der Waals surface area contributed by atoms with Crippen molar-refractivity contribution in [3.05, 3.63) is 64.4 Å². The summed E-state index contributed by atoms with van der Waals surface area (Å²) in [6.45, 7) is 5.00. The first-order chi connectivity index (χ1) is 17.4. The third-order valence-electron chi connectivity index (χ3n) is 6.13. The second-order valence-corrected chi connectivity index (χ2v) is 9.72. The minimum Gasteiger partial charge on any atom is -0.494 e. The molecule has 2 aliphatic heterocycles. The molecule has 0 aliphatic carbocycles. The third kappa shape index (κ3) is 4.88. The molecule has 0 bridgehead atoms. The van der Waals surface area contributed by atoms with Gasteiger partial charge in [0.25, 0.3) is 5.91 Å². The summed E-state index contributed by atoms with van der Waals surface area (Å²) in [5.41, 5.74) is 2.74. The van der Waals surface area contributed by atoms with Crippen molar-refractivity contribution >= 4 is 67.7 Å². The molecule has 0 saturated carbocycles. The van der Waals surface area contributed by atoms with Crippen LogP contribution in [0.3, 0.4) is 0 Å². The van der Waals surface area contributed by atoms with Gasteiger partial charge in [0, 0.05) is 40.2 Å². The first kappa shape index (κ1) is 24.5. The molecular weight excluding hydrogens is 544 g/mol. The highest BCUT2D eigenvalue weighted by atomic mass is 79.9. The van der Waals surface area contributed by atoms with Crippen molar-refractivity contribution in [2.24, 2.45) is 0 Å². The van der Waals surface area contributed by atoms with Gasteiger partial charge in [-0.15, -0.1) is 0 Å². The molecule has 0 atom stereocenters. The van der Waals surface area contributed by atoms with Crippen LogP contribution in [0.2, 0.25) is 0 Å². The molecule has 0 spiro atoms. The SMILES string of the molecule is CCOc1ccc(N2C(=O)/C(=C/c3cn(CC(=O)N4CCOCC4)c4ccc(Br)cc34)NC2=S)cc1. The van der Waals surface area contributed by atoms with E-state index in [1.165, 1.54) is 4.90 Å². The topological polar surface area (TPSA) is 76.0 Å². The van der Waals surface area contributed by atoms with Crippen LogP contribution in [0.1, 0.15) is 12.5 Å². The predicted octanol–water partition coefficient (Wildman–Crippen LogP) is 3.92. The van der Waals surface area contributed by atoms with Gasteiger partial charge in [-0.25, -0.2) is 0 Å². The van der Waals surface area contributed by atoms with Crippen LogP contribution in [0.25, 0.3) is 17.0 Å². The number of hydrogen-bond donors (Lipinski definition) is 1. The van der Waals surface area contributed by atoms with Crippen molar-refractivity contribution in [2.45, 2.75) is 13.5 Å². The zero-order valence-electron chi connectivity index (χ0n) is 19.7. The quantitative estimate of drug-likeness (QED) is 0.359. The Kier molecular flexibility index (Phi) is 7.08. The highest BCUT2D eigenvalue weighted by molar-refractivity contribution is 9.10. The van der Waals surface area contributed by atoms with E-state index in [1.807, 2.05) is 52.9 Å². The van der Waals surface area contributed by atoms with E-state index in [1.54, 1.807) is 18.2 Å². The summed E-state index contributed by atoms with van der Waals surface area (Å²) in [6, 6.07) is 13.1.